The van der Waals surface area contributed by atoms with E-state index in [1.807, 2.05) is 54.6 Å². The van der Waals surface area contributed by atoms with Crippen LogP contribution in [0.15, 0.2) is 72.8 Å². The third kappa shape index (κ3) is 4.39. The molecule has 0 aliphatic carbocycles. The molecule has 0 spiro atoms. The minimum atomic E-state index is -0.608. The predicted molar refractivity (Wildman–Crippen MR) is 138 cm³/mol. The number of carbonyl (C=O) groups is 1. The van der Waals surface area contributed by atoms with E-state index in [2.05, 4.69) is 10.3 Å². The Bertz CT molecular complexity index is 1600. The van der Waals surface area contributed by atoms with Crippen LogP contribution in [-0.2, 0) is 11.3 Å². The number of aromatic amines is 1. The van der Waals surface area contributed by atoms with Crippen LogP contribution in [0.2, 0.25) is 0 Å². The Labute approximate surface area is 206 Å². The first-order chi connectivity index (χ1) is 17.4. The molecule has 0 radical (unpaired) electrons. The van der Waals surface area contributed by atoms with Crippen molar-refractivity contribution in [3.63, 3.8) is 0 Å². The minimum Gasteiger partial charge on any atom is -0.504 e. The number of pyridine rings is 1. The Kier molecular flexibility index (Phi) is 5.92. The van der Waals surface area contributed by atoms with E-state index >= 15 is 0 Å². The van der Waals surface area contributed by atoms with E-state index in [4.69, 9.17) is 9.72 Å². The first-order valence-corrected chi connectivity index (χ1v) is 11.2. The topological polar surface area (TPSA) is 128 Å². The van der Waals surface area contributed by atoms with Crippen molar-refractivity contribution < 1.29 is 24.9 Å². The smallest absolute Gasteiger partial charge is 0.244 e. The molecule has 2 heterocycles. The number of phenols is 3. The zero-order chi connectivity index (χ0) is 25.2. The number of aromatic nitrogens is 2. The average Bonchev–Trinajstić information content (AvgIpc) is 3.27. The van der Waals surface area contributed by atoms with E-state index in [0.29, 0.717) is 11.3 Å². The Hall–Kier alpha value is -4.98. The second-order valence-corrected chi connectivity index (χ2v) is 8.24. The van der Waals surface area contributed by atoms with Crippen LogP contribution in [-0.4, -0.2) is 38.3 Å². The van der Waals surface area contributed by atoms with Crippen LogP contribution in [0, 0.1) is 0 Å². The van der Waals surface area contributed by atoms with Gasteiger partial charge in [0.15, 0.2) is 17.2 Å². The molecule has 0 bridgehead atoms. The molecule has 8 nitrogen and oxygen atoms in total. The first-order valence-electron chi connectivity index (χ1n) is 11.2. The van der Waals surface area contributed by atoms with Gasteiger partial charge in [-0.25, -0.2) is 4.98 Å². The number of hydrogen-bond acceptors (Lipinski definition) is 6. The van der Waals surface area contributed by atoms with Crippen LogP contribution in [0.4, 0.5) is 0 Å². The number of nitrogens with one attached hydrogen (secondary N) is 2. The van der Waals surface area contributed by atoms with Crippen molar-refractivity contribution in [2.24, 2.45) is 0 Å². The molecular formula is C28H23N3O5. The van der Waals surface area contributed by atoms with Crippen LogP contribution in [0.5, 0.6) is 23.0 Å². The number of benzene rings is 3. The number of H-pyrrole nitrogens is 1. The molecule has 0 fully saturated rings. The number of rotatable bonds is 6. The third-order valence-electron chi connectivity index (χ3n) is 5.88. The Balaban J connectivity index is 1.44. The van der Waals surface area contributed by atoms with Gasteiger partial charge in [-0.2, -0.15) is 0 Å². The van der Waals surface area contributed by atoms with Gasteiger partial charge in [-0.15, -0.1) is 0 Å². The van der Waals surface area contributed by atoms with Crippen molar-refractivity contribution in [1.29, 1.82) is 0 Å². The van der Waals surface area contributed by atoms with E-state index in [0.717, 1.165) is 38.8 Å². The maximum atomic E-state index is 12.5. The van der Waals surface area contributed by atoms with Gasteiger partial charge in [0.05, 0.1) is 30.6 Å². The maximum Gasteiger partial charge on any atom is 0.244 e. The summed E-state index contributed by atoms with van der Waals surface area (Å²) >= 11 is 0. The fraction of sp³-hybridized carbons (Fsp3) is 0.0714. The maximum absolute atomic E-state index is 12.5. The summed E-state index contributed by atoms with van der Waals surface area (Å²) in [5.74, 6) is -1.19. The van der Waals surface area contributed by atoms with Crippen molar-refractivity contribution in [3.8, 4) is 34.3 Å². The number of amides is 1. The van der Waals surface area contributed by atoms with E-state index in [1.165, 1.54) is 24.3 Å². The average molecular weight is 482 g/mol. The van der Waals surface area contributed by atoms with Crippen molar-refractivity contribution >= 4 is 33.8 Å². The summed E-state index contributed by atoms with van der Waals surface area (Å²) in [7, 11) is 1.62. The molecule has 8 heteroatoms. The largest absolute Gasteiger partial charge is 0.504 e. The molecule has 1 amide bonds. The van der Waals surface area contributed by atoms with E-state index in [9.17, 15) is 20.1 Å². The molecular weight excluding hydrogens is 458 g/mol. The normalized spacial score (nSPS) is 11.4. The summed E-state index contributed by atoms with van der Waals surface area (Å²) in [6.07, 6.45) is 2.70. The quantitative estimate of drug-likeness (QED) is 0.174. The van der Waals surface area contributed by atoms with Gasteiger partial charge < -0.3 is 30.4 Å². The lowest BCUT2D eigenvalue weighted by Crippen LogP contribution is -2.21. The molecule has 0 saturated carbocycles. The van der Waals surface area contributed by atoms with E-state index in [-0.39, 0.29) is 12.5 Å². The molecule has 0 atom stereocenters. The number of methoxy groups -OCH3 is 1. The Morgan fingerprint density at radius 2 is 1.72 bits per heavy atom. The molecule has 5 rings (SSSR count). The molecule has 2 aromatic heterocycles. The molecule has 3 aromatic carbocycles. The number of hydrogen-bond donors (Lipinski definition) is 5. The number of ether oxygens (including phenoxy) is 1. The van der Waals surface area contributed by atoms with Crippen molar-refractivity contribution in [3.05, 3.63) is 84.1 Å². The SMILES string of the molecule is COc1ccc(-c2nc(CNC(=O)/C=C/c3cc(O)c(O)c(O)c3)cc3c2[nH]c2ccccc23)cc1. The third-order valence-corrected chi connectivity index (χ3v) is 5.88. The van der Waals surface area contributed by atoms with E-state index in [1.54, 1.807) is 7.11 Å². The highest BCUT2D eigenvalue weighted by Gasteiger charge is 2.14. The van der Waals surface area contributed by atoms with Crippen LogP contribution in [0.25, 0.3) is 39.1 Å². The second kappa shape index (κ2) is 9.34. The highest BCUT2D eigenvalue weighted by atomic mass is 16.5. The number of phenolic OH excluding ortho intramolecular Hbond substituents is 3. The predicted octanol–water partition coefficient (Wildman–Crippen LogP) is 4.84. The van der Waals surface area contributed by atoms with Gasteiger partial charge in [-0.3, -0.25) is 4.79 Å². The zero-order valence-electron chi connectivity index (χ0n) is 19.3. The van der Waals surface area contributed by atoms with Gasteiger partial charge >= 0.3 is 0 Å². The molecule has 5 N–H and O–H groups in total. The highest BCUT2D eigenvalue weighted by Crippen LogP contribution is 2.36. The molecule has 5 aromatic rings. The zero-order valence-corrected chi connectivity index (χ0v) is 19.3. The summed E-state index contributed by atoms with van der Waals surface area (Å²) < 4.78 is 5.28. The van der Waals surface area contributed by atoms with Gasteiger partial charge in [-0.1, -0.05) is 18.2 Å². The monoisotopic (exact) mass is 481 g/mol. The molecule has 36 heavy (non-hydrogen) atoms. The lowest BCUT2D eigenvalue weighted by molar-refractivity contribution is -0.116. The summed E-state index contributed by atoms with van der Waals surface area (Å²) in [5.41, 5.74) is 4.61. The van der Waals surface area contributed by atoms with Crippen molar-refractivity contribution in [1.82, 2.24) is 15.3 Å². The van der Waals surface area contributed by atoms with Crippen LogP contribution < -0.4 is 10.1 Å². The molecule has 0 unspecified atom stereocenters. The highest BCUT2D eigenvalue weighted by molar-refractivity contribution is 6.11. The van der Waals surface area contributed by atoms with Crippen molar-refractivity contribution in [2.75, 3.05) is 7.11 Å². The molecule has 0 saturated heterocycles. The Morgan fingerprint density at radius 3 is 2.44 bits per heavy atom. The number of fused-ring (bicyclic) bond motifs is 3. The fourth-order valence-corrected chi connectivity index (χ4v) is 4.08. The van der Waals surface area contributed by atoms with Crippen LogP contribution in [0.1, 0.15) is 11.3 Å². The standard InChI is InChI=1S/C28H23N3O5/c1-36-19-9-7-17(8-10-19)26-27-21(20-4-2-3-5-22(20)31-27)14-18(30-26)15-29-25(34)11-6-16-12-23(32)28(35)24(33)13-16/h2-14,31-33,35H,15H2,1H3,(H,29,34)/b11-6+. The lowest BCUT2D eigenvalue weighted by atomic mass is 10.1. The lowest BCUT2D eigenvalue weighted by Gasteiger charge is -2.09. The summed E-state index contributed by atoms with van der Waals surface area (Å²) in [6, 6.07) is 20.1. The molecule has 180 valence electrons. The minimum absolute atomic E-state index is 0.188. The number of carbonyl (C=O) groups excluding carboxylic acids is 1. The van der Waals surface area contributed by atoms with Crippen LogP contribution >= 0.6 is 0 Å². The van der Waals surface area contributed by atoms with Crippen LogP contribution in [0.3, 0.4) is 0 Å². The number of para-hydroxylation sites is 1. The fourth-order valence-electron chi connectivity index (χ4n) is 4.08. The van der Waals surface area contributed by atoms with Gasteiger partial charge in [0.1, 0.15) is 5.75 Å². The second-order valence-electron chi connectivity index (χ2n) is 8.24. The van der Waals surface area contributed by atoms with Gasteiger partial charge in [-0.05, 0) is 60.2 Å². The molecule has 0 aliphatic rings. The number of aromatic hydroxyl groups is 3. The van der Waals surface area contributed by atoms with Crippen molar-refractivity contribution in [2.45, 2.75) is 6.54 Å². The molecule has 0 aliphatic heterocycles. The van der Waals surface area contributed by atoms with Gasteiger partial charge in [0, 0.05) is 27.9 Å². The van der Waals surface area contributed by atoms with Gasteiger partial charge in [0.25, 0.3) is 0 Å². The summed E-state index contributed by atoms with van der Waals surface area (Å²) in [5, 5.41) is 33.6. The van der Waals surface area contributed by atoms with E-state index < -0.39 is 17.2 Å². The van der Waals surface area contributed by atoms with Gasteiger partial charge in [0.2, 0.25) is 5.91 Å². The first kappa shape index (κ1) is 22.8. The summed E-state index contributed by atoms with van der Waals surface area (Å²) in [4.78, 5) is 20.8. The number of nitrogens with zero attached hydrogens (tertiary/aromatic N) is 1. The Morgan fingerprint density at radius 1 is 1.00 bits per heavy atom. The summed E-state index contributed by atoms with van der Waals surface area (Å²) in [6.45, 7) is 0.188.